The van der Waals surface area contributed by atoms with Crippen LogP contribution >= 0.6 is 0 Å². The average molecular weight is 622 g/mol. The van der Waals surface area contributed by atoms with E-state index in [0.717, 1.165) is 6.08 Å². The Morgan fingerprint density at radius 2 is 1.77 bits per heavy atom. The highest BCUT2D eigenvalue weighted by Gasteiger charge is 2.46. The fourth-order valence-corrected chi connectivity index (χ4v) is 5.72. The summed E-state index contributed by atoms with van der Waals surface area (Å²) in [4.78, 5) is 51.3. The number of Topliss-reactive ketones (excluding diaryl/α,β-unsaturated/α-hetero) is 1. The highest BCUT2D eigenvalue weighted by Crippen LogP contribution is 2.51. The maximum absolute atomic E-state index is 13.7. The third-order valence-corrected chi connectivity index (χ3v) is 7.84. The summed E-state index contributed by atoms with van der Waals surface area (Å²) in [6, 6.07) is 2.74. The Bertz CT molecular complexity index is 1620. The number of benzene rings is 2. The molecule has 2 aromatic carbocycles. The molecule has 15 heteroatoms. The molecule has 5 N–H and O–H groups in total. The first-order valence-corrected chi connectivity index (χ1v) is 13.3. The fourth-order valence-electron chi connectivity index (χ4n) is 5.72. The molecule has 2 aliphatic carbocycles. The van der Waals surface area contributed by atoms with Crippen molar-refractivity contribution in [3.05, 3.63) is 57.2 Å². The van der Waals surface area contributed by atoms with E-state index in [4.69, 9.17) is 14.2 Å². The van der Waals surface area contributed by atoms with Gasteiger partial charge in [0.1, 0.15) is 30.0 Å². The normalized spacial score (nSPS) is 24.5. The van der Waals surface area contributed by atoms with Gasteiger partial charge in [0.05, 0.1) is 42.0 Å². The van der Waals surface area contributed by atoms with Crippen molar-refractivity contribution in [2.45, 2.75) is 56.6 Å². The molecule has 12 nitrogen and oxygen atoms in total. The first-order valence-electron chi connectivity index (χ1n) is 13.3. The zero-order chi connectivity index (χ0) is 32.2. The van der Waals surface area contributed by atoms with Crippen molar-refractivity contribution in [3.8, 4) is 17.2 Å². The number of halogens is 3. The minimum atomic E-state index is -5.24. The molecule has 0 spiro atoms. The molecule has 5 atom stereocenters. The summed E-state index contributed by atoms with van der Waals surface area (Å²) >= 11 is 0. The number of amides is 1. The summed E-state index contributed by atoms with van der Waals surface area (Å²) in [6.45, 7) is 0.363. The number of fused-ring (bicyclic) bond motifs is 3. The minimum absolute atomic E-state index is 0.0294. The first-order chi connectivity index (χ1) is 20.7. The van der Waals surface area contributed by atoms with E-state index in [1.165, 1.54) is 32.2 Å². The van der Waals surface area contributed by atoms with Crippen molar-refractivity contribution >= 4 is 29.3 Å². The third kappa shape index (κ3) is 5.11. The lowest BCUT2D eigenvalue weighted by Crippen LogP contribution is -2.57. The second kappa shape index (κ2) is 11.3. The van der Waals surface area contributed by atoms with E-state index >= 15 is 0 Å². The zero-order valence-corrected chi connectivity index (χ0v) is 23.1. The highest BCUT2D eigenvalue weighted by atomic mass is 19.4. The molecule has 1 heterocycles. The Labute approximate surface area is 246 Å². The van der Waals surface area contributed by atoms with Crippen molar-refractivity contribution < 1.29 is 67.0 Å². The number of carbonyl (C=O) groups is 4. The first kappa shape index (κ1) is 31.1. The Morgan fingerprint density at radius 1 is 1.09 bits per heavy atom. The van der Waals surface area contributed by atoms with Crippen LogP contribution in [0.2, 0.25) is 0 Å². The number of hydrogen-bond acceptors (Lipinski definition) is 11. The summed E-state index contributed by atoms with van der Waals surface area (Å²) in [5, 5.41) is 44.4. The number of alkyl halides is 3. The highest BCUT2D eigenvalue weighted by molar-refractivity contribution is 6.31. The summed E-state index contributed by atoms with van der Waals surface area (Å²) < 4.78 is 55.5. The van der Waals surface area contributed by atoms with Gasteiger partial charge < -0.3 is 40.0 Å². The largest absolute Gasteiger partial charge is 0.507 e. The van der Waals surface area contributed by atoms with Gasteiger partial charge in [0, 0.05) is 35.1 Å². The summed E-state index contributed by atoms with van der Waals surface area (Å²) in [7, 11) is 1.27. The Morgan fingerprint density at radius 3 is 2.41 bits per heavy atom. The van der Waals surface area contributed by atoms with E-state index in [2.05, 4.69) is 0 Å². The number of aliphatic hydroxyl groups excluding tert-OH is 2. The molecule has 1 aliphatic heterocycles. The van der Waals surface area contributed by atoms with Gasteiger partial charge in [-0.05, 0) is 19.1 Å². The molecule has 4 unspecified atom stereocenters. The number of phenols is 2. The molecule has 0 radical (unpaired) electrons. The van der Waals surface area contributed by atoms with Crippen molar-refractivity contribution in [2.75, 3.05) is 13.7 Å². The van der Waals surface area contributed by atoms with Gasteiger partial charge >= 0.3 is 12.1 Å². The van der Waals surface area contributed by atoms with Crippen LogP contribution in [0, 0.1) is 0 Å². The Balaban J connectivity index is 1.60. The molecule has 1 fully saturated rings. The van der Waals surface area contributed by atoms with Crippen LogP contribution in [0.5, 0.6) is 17.2 Å². The number of ketones is 3. The minimum Gasteiger partial charge on any atom is -0.507 e. The molecule has 5 rings (SSSR count). The molecular formula is C29H26F3NO11. The van der Waals surface area contributed by atoms with Crippen LogP contribution in [-0.4, -0.2) is 88.1 Å². The van der Waals surface area contributed by atoms with Crippen molar-refractivity contribution in [3.63, 3.8) is 0 Å². The van der Waals surface area contributed by atoms with Crippen molar-refractivity contribution in [1.82, 2.24) is 5.32 Å². The molecule has 1 amide bonds. The maximum atomic E-state index is 13.7. The van der Waals surface area contributed by atoms with Crippen LogP contribution in [0.1, 0.15) is 68.8 Å². The molecule has 0 saturated carbocycles. The number of methoxy groups -OCH3 is 1. The summed E-state index contributed by atoms with van der Waals surface area (Å²) in [5.74, 6) is -6.29. The number of aromatic hydroxyl groups is 2. The molecular weight excluding hydrogens is 595 g/mol. The van der Waals surface area contributed by atoms with Crippen LogP contribution in [0.4, 0.5) is 13.2 Å². The van der Waals surface area contributed by atoms with Gasteiger partial charge in [-0.3, -0.25) is 19.2 Å². The SMILES string of the molecule is COc1cccc2c1C(=O)c1c(O)c3c(c(O)c1C2=O)C=C(C(=O)CO)C[C@@H]3OC1CC(NC(=O)C(F)(F)F)C(O)C(C)O1. The molecule has 2 aromatic rings. The van der Waals surface area contributed by atoms with Crippen LogP contribution in [-0.2, 0) is 19.1 Å². The number of ether oxygens (including phenoxy) is 3. The lowest BCUT2D eigenvalue weighted by molar-refractivity contribution is -0.244. The number of nitrogens with one attached hydrogen (secondary N) is 1. The summed E-state index contributed by atoms with van der Waals surface area (Å²) in [5.41, 5.74) is -2.00. The van der Waals surface area contributed by atoms with E-state index in [0.29, 0.717) is 0 Å². The molecule has 0 aromatic heterocycles. The second-order valence-corrected chi connectivity index (χ2v) is 10.5. The maximum Gasteiger partial charge on any atom is 0.471 e. The number of carbonyl (C=O) groups excluding carboxylic acids is 4. The molecule has 1 saturated heterocycles. The van der Waals surface area contributed by atoms with Crippen LogP contribution in [0.3, 0.4) is 0 Å². The van der Waals surface area contributed by atoms with Gasteiger partial charge in [-0.25, -0.2) is 0 Å². The van der Waals surface area contributed by atoms with E-state index < -0.39 is 95.7 Å². The Kier molecular flexibility index (Phi) is 8.01. The van der Waals surface area contributed by atoms with E-state index in [1.807, 2.05) is 0 Å². The molecule has 234 valence electrons. The van der Waals surface area contributed by atoms with Crippen molar-refractivity contribution in [2.24, 2.45) is 0 Å². The van der Waals surface area contributed by atoms with Gasteiger partial charge in [-0.15, -0.1) is 0 Å². The third-order valence-electron chi connectivity index (χ3n) is 7.84. The predicted molar refractivity (Wildman–Crippen MR) is 141 cm³/mol. The zero-order valence-electron chi connectivity index (χ0n) is 23.1. The number of phenolic OH excluding ortho intramolecular Hbond substituents is 2. The van der Waals surface area contributed by atoms with Gasteiger partial charge in [0.25, 0.3) is 0 Å². The standard InChI is InChI=1S/C29H26F3NO11/c1-10-23(36)14(33-28(41)29(30,31)32)8-18(43-10)44-17-7-11(15(35)9-34)6-13-20(17)27(40)22-21(25(13)38)24(37)12-4-3-5-16(42-2)19(12)26(22)39/h3-6,10,14,17-18,23,34,36,38,40H,7-9H2,1-2H3,(H,33,41)/t10?,14?,17-,18?,23?/m0/s1. The quantitative estimate of drug-likeness (QED) is 0.253. The number of rotatable bonds is 6. The van der Waals surface area contributed by atoms with Crippen LogP contribution in [0.15, 0.2) is 23.8 Å². The predicted octanol–water partition coefficient (Wildman–Crippen LogP) is 1.83. The average Bonchev–Trinajstić information content (AvgIpc) is 2.98. The van der Waals surface area contributed by atoms with E-state index in [1.54, 1.807) is 5.32 Å². The van der Waals surface area contributed by atoms with Crippen LogP contribution < -0.4 is 10.1 Å². The summed E-state index contributed by atoms with van der Waals surface area (Å²) in [6.07, 6.45) is -10.6. The molecule has 0 bridgehead atoms. The lowest BCUT2D eigenvalue weighted by atomic mass is 9.77. The fraction of sp³-hybridized carbons (Fsp3) is 0.379. The van der Waals surface area contributed by atoms with Crippen LogP contribution in [0.25, 0.3) is 6.08 Å². The van der Waals surface area contributed by atoms with Gasteiger partial charge in [0.15, 0.2) is 17.9 Å². The number of aliphatic hydroxyl groups is 2. The second-order valence-electron chi connectivity index (χ2n) is 10.5. The molecule has 44 heavy (non-hydrogen) atoms. The Hall–Kier alpha value is -4.31. The monoisotopic (exact) mass is 621 g/mol. The van der Waals surface area contributed by atoms with Gasteiger partial charge in [-0.1, -0.05) is 12.1 Å². The number of hydrogen-bond donors (Lipinski definition) is 5. The van der Waals surface area contributed by atoms with Gasteiger partial charge in [0.2, 0.25) is 5.78 Å². The topological polar surface area (TPSA) is 189 Å². The molecule has 3 aliphatic rings. The van der Waals surface area contributed by atoms with Crippen molar-refractivity contribution in [1.29, 1.82) is 0 Å². The smallest absolute Gasteiger partial charge is 0.471 e. The van der Waals surface area contributed by atoms with E-state index in [9.17, 15) is 52.8 Å². The van der Waals surface area contributed by atoms with E-state index in [-0.39, 0.29) is 40.0 Å². The lowest BCUT2D eigenvalue weighted by Gasteiger charge is -2.40. The van der Waals surface area contributed by atoms with Gasteiger partial charge in [-0.2, -0.15) is 13.2 Å².